The lowest BCUT2D eigenvalue weighted by atomic mass is 9.95. The molecule has 0 aliphatic carbocycles. The molecule has 0 saturated carbocycles. The number of hydrogen-bond donors (Lipinski definition) is 2. The zero-order chi connectivity index (χ0) is 19.0. The molecular formula is C21H17N3O3. The van der Waals surface area contributed by atoms with Gasteiger partial charge in [0, 0.05) is 17.6 Å². The van der Waals surface area contributed by atoms with E-state index in [4.69, 9.17) is 10.2 Å². The van der Waals surface area contributed by atoms with Crippen LogP contribution in [0.3, 0.4) is 0 Å². The lowest BCUT2D eigenvalue weighted by Gasteiger charge is -2.14. The molecule has 0 aliphatic heterocycles. The molecule has 0 fully saturated rings. The minimum absolute atomic E-state index is 0.0245. The minimum Gasteiger partial charge on any atom is -0.507 e. The van der Waals surface area contributed by atoms with Gasteiger partial charge in [-0.3, -0.25) is 0 Å². The fourth-order valence-corrected chi connectivity index (χ4v) is 3.22. The van der Waals surface area contributed by atoms with Gasteiger partial charge >= 0.3 is 5.63 Å². The van der Waals surface area contributed by atoms with Crippen LogP contribution in [0.4, 0.5) is 5.95 Å². The van der Waals surface area contributed by atoms with Crippen molar-refractivity contribution in [3.05, 3.63) is 70.7 Å². The van der Waals surface area contributed by atoms with Gasteiger partial charge in [0.25, 0.3) is 0 Å². The normalized spacial score (nSPS) is 11.0. The number of phenols is 1. The lowest BCUT2D eigenvalue weighted by molar-refractivity contribution is 0.469. The maximum Gasteiger partial charge on any atom is 0.336 e. The Labute approximate surface area is 154 Å². The number of anilines is 1. The summed E-state index contributed by atoms with van der Waals surface area (Å²) in [6, 6.07) is 14.5. The predicted molar refractivity (Wildman–Crippen MR) is 104 cm³/mol. The highest BCUT2D eigenvalue weighted by Crippen LogP contribution is 2.41. The van der Waals surface area contributed by atoms with E-state index >= 15 is 0 Å². The predicted octanol–water partition coefficient (Wildman–Crippen LogP) is 3.77. The van der Waals surface area contributed by atoms with E-state index in [1.807, 2.05) is 43.3 Å². The number of aryl methyl sites for hydroxylation is 1. The van der Waals surface area contributed by atoms with Gasteiger partial charge in [-0.05, 0) is 35.2 Å². The summed E-state index contributed by atoms with van der Waals surface area (Å²) < 4.78 is 5.51. The second-order valence-corrected chi connectivity index (χ2v) is 6.13. The summed E-state index contributed by atoms with van der Waals surface area (Å²) in [6.45, 7) is 1.94. The Hall–Kier alpha value is -3.67. The first kappa shape index (κ1) is 16.8. The van der Waals surface area contributed by atoms with Crippen LogP contribution in [0.15, 0.2) is 63.9 Å². The molecule has 27 heavy (non-hydrogen) atoms. The average Bonchev–Trinajstić information content (AvgIpc) is 2.67. The first-order valence-electron chi connectivity index (χ1n) is 8.55. The molecule has 2 aromatic carbocycles. The molecule has 0 unspecified atom stereocenters. The largest absolute Gasteiger partial charge is 0.507 e. The van der Waals surface area contributed by atoms with Crippen LogP contribution in [0, 0.1) is 0 Å². The fraction of sp³-hybridized carbons (Fsp3) is 0.0952. The number of benzene rings is 2. The second kappa shape index (κ2) is 6.57. The summed E-state index contributed by atoms with van der Waals surface area (Å²) >= 11 is 0. The van der Waals surface area contributed by atoms with Gasteiger partial charge in [-0.2, -0.15) is 0 Å². The molecule has 6 nitrogen and oxygen atoms in total. The van der Waals surface area contributed by atoms with Gasteiger partial charge in [0.1, 0.15) is 5.75 Å². The Morgan fingerprint density at radius 2 is 1.93 bits per heavy atom. The van der Waals surface area contributed by atoms with Crippen LogP contribution in [-0.2, 0) is 6.42 Å². The van der Waals surface area contributed by atoms with Crippen molar-refractivity contribution in [1.29, 1.82) is 0 Å². The molecule has 0 bridgehead atoms. The molecule has 134 valence electrons. The molecule has 0 aliphatic rings. The van der Waals surface area contributed by atoms with Crippen molar-refractivity contribution >= 4 is 16.9 Å². The fourth-order valence-electron chi connectivity index (χ4n) is 3.22. The zero-order valence-corrected chi connectivity index (χ0v) is 14.6. The summed E-state index contributed by atoms with van der Waals surface area (Å²) in [5.41, 5.74) is 8.56. The van der Waals surface area contributed by atoms with Gasteiger partial charge in [0.15, 0.2) is 5.58 Å². The van der Waals surface area contributed by atoms with E-state index in [0.29, 0.717) is 17.7 Å². The first-order valence-corrected chi connectivity index (χ1v) is 8.55. The third-order valence-corrected chi connectivity index (χ3v) is 4.48. The van der Waals surface area contributed by atoms with Crippen LogP contribution in [0.1, 0.15) is 12.5 Å². The number of nitrogens with zero attached hydrogens (tertiary/aromatic N) is 2. The molecule has 4 aromatic rings. The van der Waals surface area contributed by atoms with E-state index in [-0.39, 0.29) is 17.3 Å². The number of aromatic hydroxyl groups is 1. The standard InChI is InChI=1S/C21H17N3O3/c1-2-12-10-15-14(13-6-4-3-5-7-13)11-17(25)27-20(15)18(19(12)26)16-8-9-23-21(22)24-16/h3-11,26H,2H2,1H3,(H2,22,23,24). The van der Waals surface area contributed by atoms with Gasteiger partial charge in [0.05, 0.1) is 11.3 Å². The molecule has 4 rings (SSSR count). The number of phenolic OH excluding ortho intramolecular Hbond substituents is 1. The van der Waals surface area contributed by atoms with Crippen LogP contribution < -0.4 is 11.4 Å². The van der Waals surface area contributed by atoms with Gasteiger partial charge in [-0.25, -0.2) is 14.8 Å². The summed E-state index contributed by atoms with van der Waals surface area (Å²) in [5.74, 6) is 0.0972. The molecular weight excluding hydrogens is 342 g/mol. The Morgan fingerprint density at radius 3 is 2.63 bits per heavy atom. The molecule has 0 radical (unpaired) electrons. The first-order chi connectivity index (χ1) is 13.1. The Balaban J connectivity index is 2.16. The molecule has 2 aromatic heterocycles. The third kappa shape index (κ3) is 2.91. The van der Waals surface area contributed by atoms with Gasteiger partial charge in [-0.15, -0.1) is 0 Å². The van der Waals surface area contributed by atoms with Crippen molar-refractivity contribution in [3.63, 3.8) is 0 Å². The highest BCUT2D eigenvalue weighted by atomic mass is 16.4. The Kier molecular flexibility index (Phi) is 4.08. The minimum atomic E-state index is -0.506. The average molecular weight is 359 g/mol. The summed E-state index contributed by atoms with van der Waals surface area (Å²) in [5, 5.41) is 11.5. The topological polar surface area (TPSA) is 102 Å². The lowest BCUT2D eigenvalue weighted by Crippen LogP contribution is -2.02. The summed E-state index contributed by atoms with van der Waals surface area (Å²) in [6.07, 6.45) is 2.10. The van der Waals surface area contributed by atoms with Gasteiger partial charge < -0.3 is 15.3 Å². The van der Waals surface area contributed by atoms with Crippen molar-refractivity contribution < 1.29 is 9.52 Å². The summed E-state index contributed by atoms with van der Waals surface area (Å²) in [4.78, 5) is 20.4. The second-order valence-electron chi connectivity index (χ2n) is 6.13. The summed E-state index contributed by atoms with van der Waals surface area (Å²) in [7, 11) is 0. The van der Waals surface area contributed by atoms with Crippen LogP contribution >= 0.6 is 0 Å². The Bertz CT molecular complexity index is 1200. The molecule has 3 N–H and O–H groups in total. The SMILES string of the molecule is CCc1cc2c(-c3ccccc3)cc(=O)oc2c(-c2ccnc(N)n2)c1O. The molecule has 0 amide bonds. The van der Waals surface area contributed by atoms with Crippen LogP contribution in [0.5, 0.6) is 5.75 Å². The smallest absolute Gasteiger partial charge is 0.336 e. The zero-order valence-electron chi connectivity index (χ0n) is 14.6. The number of hydrogen-bond acceptors (Lipinski definition) is 6. The third-order valence-electron chi connectivity index (χ3n) is 4.48. The molecule has 2 heterocycles. The maximum absolute atomic E-state index is 12.3. The number of aromatic nitrogens is 2. The quantitative estimate of drug-likeness (QED) is 0.540. The van der Waals surface area contributed by atoms with E-state index in [9.17, 15) is 9.90 Å². The molecule has 0 atom stereocenters. The van der Waals surface area contributed by atoms with Crippen LogP contribution in [-0.4, -0.2) is 15.1 Å². The monoisotopic (exact) mass is 359 g/mol. The van der Waals surface area contributed by atoms with E-state index in [2.05, 4.69) is 9.97 Å². The maximum atomic E-state index is 12.3. The van der Waals surface area contributed by atoms with Crippen LogP contribution in [0.25, 0.3) is 33.4 Å². The number of nitrogens with two attached hydrogens (primary N) is 1. The van der Waals surface area contributed by atoms with E-state index in [1.54, 1.807) is 6.07 Å². The van der Waals surface area contributed by atoms with Crippen molar-refractivity contribution in [2.45, 2.75) is 13.3 Å². The Morgan fingerprint density at radius 1 is 1.15 bits per heavy atom. The highest BCUT2D eigenvalue weighted by Gasteiger charge is 2.20. The molecule has 6 heteroatoms. The van der Waals surface area contributed by atoms with E-state index in [1.165, 1.54) is 12.3 Å². The number of fused-ring (bicyclic) bond motifs is 1. The van der Waals surface area contributed by atoms with Gasteiger partial charge in [-0.1, -0.05) is 37.3 Å². The molecule has 0 saturated heterocycles. The van der Waals surface area contributed by atoms with Gasteiger partial charge in [0.2, 0.25) is 5.95 Å². The molecule has 0 spiro atoms. The van der Waals surface area contributed by atoms with Crippen molar-refractivity contribution in [3.8, 4) is 28.1 Å². The highest BCUT2D eigenvalue weighted by molar-refractivity contribution is 6.03. The van der Waals surface area contributed by atoms with E-state index in [0.717, 1.165) is 22.1 Å². The van der Waals surface area contributed by atoms with Crippen molar-refractivity contribution in [2.24, 2.45) is 0 Å². The van der Waals surface area contributed by atoms with Crippen molar-refractivity contribution in [1.82, 2.24) is 9.97 Å². The van der Waals surface area contributed by atoms with Crippen LogP contribution in [0.2, 0.25) is 0 Å². The number of nitrogen functional groups attached to an aromatic ring is 1. The number of rotatable bonds is 3. The van der Waals surface area contributed by atoms with E-state index < -0.39 is 5.63 Å². The van der Waals surface area contributed by atoms with Crippen molar-refractivity contribution in [2.75, 3.05) is 5.73 Å².